The summed E-state index contributed by atoms with van der Waals surface area (Å²) in [4.78, 5) is 28.5. The fourth-order valence-electron chi connectivity index (χ4n) is 3.10. The average molecular weight is 368 g/mol. The summed E-state index contributed by atoms with van der Waals surface area (Å²) in [6.45, 7) is 8.48. The van der Waals surface area contributed by atoms with E-state index in [1.807, 2.05) is 36.1 Å². The molecule has 1 saturated heterocycles. The molecule has 1 fully saturated rings. The van der Waals surface area contributed by atoms with Crippen LogP contribution in [0.15, 0.2) is 24.3 Å². The summed E-state index contributed by atoms with van der Waals surface area (Å²) in [5, 5.41) is 0. The minimum atomic E-state index is -0.431. The molecule has 1 aromatic carbocycles. The molecule has 0 aromatic heterocycles. The van der Waals surface area contributed by atoms with Crippen LogP contribution in [-0.4, -0.2) is 53.8 Å². The highest BCUT2D eigenvalue weighted by Gasteiger charge is 2.27. The van der Waals surface area contributed by atoms with Crippen molar-refractivity contribution in [1.82, 2.24) is 9.80 Å². The lowest BCUT2D eigenvalue weighted by molar-refractivity contribution is -0.140. The number of benzene rings is 1. The molecule has 1 atom stereocenters. The number of rotatable bonds is 5. The summed E-state index contributed by atoms with van der Waals surface area (Å²) in [6, 6.07) is 7.53. The SMILES string of the molecule is Cc1ccccc1CC(=O)N1CCN(C(=O)[C@@H](N)CC(C)C)CC1.Cl. The van der Waals surface area contributed by atoms with Gasteiger partial charge < -0.3 is 15.5 Å². The molecule has 1 aromatic rings. The predicted molar refractivity (Wildman–Crippen MR) is 103 cm³/mol. The molecule has 0 unspecified atom stereocenters. The first-order chi connectivity index (χ1) is 11.4. The highest BCUT2D eigenvalue weighted by Crippen LogP contribution is 2.12. The first-order valence-electron chi connectivity index (χ1n) is 8.75. The van der Waals surface area contributed by atoms with E-state index in [0.717, 1.165) is 11.1 Å². The van der Waals surface area contributed by atoms with Gasteiger partial charge in [-0.05, 0) is 30.4 Å². The predicted octanol–water partition coefficient (Wildman–Crippen LogP) is 2.00. The third-order valence-corrected chi connectivity index (χ3v) is 4.59. The number of amides is 2. The monoisotopic (exact) mass is 367 g/mol. The molecule has 2 amide bonds. The van der Waals surface area contributed by atoms with Gasteiger partial charge in [0.1, 0.15) is 0 Å². The van der Waals surface area contributed by atoms with Gasteiger partial charge in [-0.1, -0.05) is 38.1 Å². The van der Waals surface area contributed by atoms with Gasteiger partial charge in [-0.3, -0.25) is 9.59 Å². The molecule has 1 aliphatic heterocycles. The lowest BCUT2D eigenvalue weighted by atomic mass is 10.0. The zero-order valence-electron chi connectivity index (χ0n) is 15.4. The maximum absolute atomic E-state index is 12.5. The van der Waals surface area contributed by atoms with Gasteiger partial charge in [-0.25, -0.2) is 0 Å². The van der Waals surface area contributed by atoms with Crippen LogP contribution >= 0.6 is 12.4 Å². The first-order valence-corrected chi connectivity index (χ1v) is 8.75. The number of nitrogens with two attached hydrogens (primary N) is 1. The van der Waals surface area contributed by atoms with Gasteiger partial charge in [0.25, 0.3) is 0 Å². The first kappa shape index (κ1) is 21.5. The molecule has 0 bridgehead atoms. The Labute approximate surface area is 157 Å². The van der Waals surface area contributed by atoms with E-state index >= 15 is 0 Å². The van der Waals surface area contributed by atoms with Crippen molar-refractivity contribution < 1.29 is 9.59 Å². The zero-order chi connectivity index (χ0) is 17.7. The van der Waals surface area contributed by atoms with Crippen molar-refractivity contribution >= 4 is 24.2 Å². The Hall–Kier alpha value is -1.59. The van der Waals surface area contributed by atoms with Crippen LogP contribution in [0.1, 0.15) is 31.4 Å². The van der Waals surface area contributed by atoms with Crippen LogP contribution in [0.2, 0.25) is 0 Å². The number of hydrogen-bond acceptors (Lipinski definition) is 3. The number of aryl methyl sites for hydroxylation is 1. The van der Waals surface area contributed by atoms with E-state index in [4.69, 9.17) is 5.73 Å². The van der Waals surface area contributed by atoms with Crippen molar-refractivity contribution in [1.29, 1.82) is 0 Å². The van der Waals surface area contributed by atoms with Crippen LogP contribution in [0.25, 0.3) is 0 Å². The minimum absolute atomic E-state index is 0. The van der Waals surface area contributed by atoms with Crippen LogP contribution in [0.3, 0.4) is 0 Å². The molecule has 6 heteroatoms. The van der Waals surface area contributed by atoms with E-state index in [0.29, 0.717) is 44.9 Å². The van der Waals surface area contributed by atoms with Gasteiger partial charge in [0.05, 0.1) is 12.5 Å². The number of carbonyl (C=O) groups excluding carboxylic acids is 2. The highest BCUT2D eigenvalue weighted by atomic mass is 35.5. The van der Waals surface area contributed by atoms with Crippen molar-refractivity contribution in [3.8, 4) is 0 Å². The summed E-state index contributed by atoms with van der Waals surface area (Å²) in [5.41, 5.74) is 8.20. The number of hydrogen-bond donors (Lipinski definition) is 1. The summed E-state index contributed by atoms with van der Waals surface area (Å²) in [6.07, 6.45) is 1.12. The van der Waals surface area contributed by atoms with Crippen LogP contribution in [0.5, 0.6) is 0 Å². The maximum atomic E-state index is 12.5. The zero-order valence-corrected chi connectivity index (χ0v) is 16.2. The normalized spacial score (nSPS) is 15.7. The molecule has 0 radical (unpaired) electrons. The smallest absolute Gasteiger partial charge is 0.239 e. The fourth-order valence-corrected chi connectivity index (χ4v) is 3.10. The highest BCUT2D eigenvalue weighted by molar-refractivity contribution is 5.85. The molecule has 1 aliphatic rings. The van der Waals surface area contributed by atoms with Crippen LogP contribution < -0.4 is 5.73 Å². The van der Waals surface area contributed by atoms with E-state index < -0.39 is 6.04 Å². The molecule has 0 spiro atoms. The number of piperazine rings is 1. The van der Waals surface area contributed by atoms with Gasteiger partial charge in [0.2, 0.25) is 11.8 Å². The Morgan fingerprint density at radius 3 is 2.20 bits per heavy atom. The molecule has 2 N–H and O–H groups in total. The second kappa shape index (κ2) is 9.78. The Bertz CT molecular complexity index is 584. The van der Waals surface area contributed by atoms with E-state index in [1.165, 1.54) is 0 Å². The molecule has 140 valence electrons. The molecular formula is C19H30ClN3O2. The topological polar surface area (TPSA) is 66.6 Å². The standard InChI is InChI=1S/C19H29N3O2.ClH/c1-14(2)12-17(20)19(24)22-10-8-21(9-11-22)18(23)13-16-7-5-4-6-15(16)3;/h4-7,14,17H,8-13,20H2,1-3H3;1H/t17-;/m0./s1. The molecule has 0 saturated carbocycles. The Balaban J connectivity index is 0.00000312. The summed E-state index contributed by atoms with van der Waals surface area (Å²) in [7, 11) is 0. The average Bonchev–Trinajstić information content (AvgIpc) is 2.55. The second-order valence-electron chi connectivity index (χ2n) is 7.05. The van der Waals surface area contributed by atoms with Crippen LogP contribution in [0.4, 0.5) is 0 Å². The lowest BCUT2D eigenvalue weighted by Gasteiger charge is -2.36. The third kappa shape index (κ3) is 6.01. The van der Waals surface area contributed by atoms with Gasteiger partial charge in [-0.15, -0.1) is 12.4 Å². The largest absolute Gasteiger partial charge is 0.339 e. The number of nitrogens with zero attached hydrogens (tertiary/aromatic N) is 2. The third-order valence-electron chi connectivity index (χ3n) is 4.59. The molecule has 25 heavy (non-hydrogen) atoms. The Morgan fingerprint density at radius 2 is 1.64 bits per heavy atom. The summed E-state index contributed by atoms with van der Waals surface area (Å²) >= 11 is 0. The molecule has 1 heterocycles. The van der Waals surface area contributed by atoms with Crippen LogP contribution in [-0.2, 0) is 16.0 Å². The van der Waals surface area contributed by atoms with Crippen molar-refractivity contribution in [2.75, 3.05) is 26.2 Å². The molecule has 5 nitrogen and oxygen atoms in total. The maximum Gasteiger partial charge on any atom is 0.239 e. The minimum Gasteiger partial charge on any atom is -0.339 e. The quantitative estimate of drug-likeness (QED) is 0.865. The Kier molecular flexibility index (Phi) is 8.39. The van der Waals surface area contributed by atoms with Gasteiger partial charge in [-0.2, -0.15) is 0 Å². The van der Waals surface area contributed by atoms with Crippen molar-refractivity contribution in [2.24, 2.45) is 11.7 Å². The van der Waals surface area contributed by atoms with Gasteiger partial charge in [0, 0.05) is 26.2 Å². The van der Waals surface area contributed by atoms with Crippen molar-refractivity contribution in [3.63, 3.8) is 0 Å². The summed E-state index contributed by atoms with van der Waals surface area (Å²) in [5.74, 6) is 0.540. The second-order valence-corrected chi connectivity index (χ2v) is 7.05. The van der Waals surface area contributed by atoms with E-state index in [9.17, 15) is 9.59 Å². The van der Waals surface area contributed by atoms with E-state index in [2.05, 4.69) is 13.8 Å². The van der Waals surface area contributed by atoms with E-state index in [1.54, 1.807) is 4.90 Å². The van der Waals surface area contributed by atoms with Crippen molar-refractivity contribution in [2.45, 2.75) is 39.7 Å². The van der Waals surface area contributed by atoms with Crippen molar-refractivity contribution in [3.05, 3.63) is 35.4 Å². The Morgan fingerprint density at radius 1 is 1.08 bits per heavy atom. The number of carbonyl (C=O) groups is 2. The van der Waals surface area contributed by atoms with Gasteiger partial charge >= 0.3 is 0 Å². The number of halogens is 1. The fraction of sp³-hybridized carbons (Fsp3) is 0.579. The summed E-state index contributed by atoms with van der Waals surface area (Å²) < 4.78 is 0. The van der Waals surface area contributed by atoms with Crippen LogP contribution in [0, 0.1) is 12.8 Å². The molecular weight excluding hydrogens is 338 g/mol. The van der Waals surface area contributed by atoms with E-state index in [-0.39, 0.29) is 24.2 Å². The van der Waals surface area contributed by atoms with Gasteiger partial charge in [0.15, 0.2) is 0 Å². The molecule has 2 rings (SSSR count). The lowest BCUT2D eigenvalue weighted by Crippen LogP contribution is -2.54. The molecule has 0 aliphatic carbocycles.